The molecule has 10 nitrogen and oxygen atoms in total. The first-order valence-electron chi connectivity index (χ1n) is 13.5. The smallest absolute Gasteiger partial charge is 0.256 e. The van der Waals surface area contributed by atoms with Gasteiger partial charge in [0.1, 0.15) is 34.4 Å². The second kappa shape index (κ2) is 9.37. The first-order valence-corrected chi connectivity index (χ1v) is 13.5. The molecule has 0 bridgehead atoms. The quantitative estimate of drug-likeness (QED) is 0.390. The average molecular weight is 524 g/mol. The second-order valence-electron chi connectivity index (χ2n) is 10.6. The highest BCUT2D eigenvalue weighted by atomic mass is 16.5. The number of anilines is 2. The van der Waals surface area contributed by atoms with E-state index < -0.39 is 0 Å². The van der Waals surface area contributed by atoms with Crippen LogP contribution < -0.4 is 15.8 Å². The molecule has 1 aromatic carbocycles. The van der Waals surface area contributed by atoms with E-state index >= 15 is 0 Å². The van der Waals surface area contributed by atoms with E-state index in [4.69, 9.17) is 15.5 Å². The Bertz CT molecular complexity index is 1580. The number of piperidine rings is 1. The molecule has 10 heteroatoms. The molecular formula is C29H29N7O3. The molecule has 4 aromatic rings. The fraction of sp³-hybridized carbons (Fsp3) is 0.345. The zero-order valence-corrected chi connectivity index (χ0v) is 21.4. The predicted molar refractivity (Wildman–Crippen MR) is 145 cm³/mol. The number of carbonyl (C=O) groups is 2. The molecule has 7 rings (SSSR count). The Labute approximate surface area is 225 Å². The second-order valence-corrected chi connectivity index (χ2v) is 10.6. The number of nitrogens with one attached hydrogen (secondary N) is 1. The summed E-state index contributed by atoms with van der Waals surface area (Å²) in [6, 6.07) is 11.2. The molecule has 3 aromatic heterocycles. The lowest BCUT2D eigenvalue weighted by atomic mass is 9.92. The Kier molecular flexibility index (Phi) is 5.68. The van der Waals surface area contributed by atoms with Crippen LogP contribution in [0.5, 0.6) is 5.75 Å². The molecule has 5 heterocycles. The Hall–Kier alpha value is -4.47. The number of imidazole rings is 1. The van der Waals surface area contributed by atoms with Crippen molar-refractivity contribution >= 4 is 29.0 Å². The molecule has 1 saturated carbocycles. The molecule has 2 atom stereocenters. The molecule has 3 aliphatic rings. The number of nitrogen functional groups attached to an aromatic ring is 1. The highest BCUT2D eigenvalue weighted by molar-refractivity contribution is 6.04. The minimum atomic E-state index is -0.263. The maximum atomic E-state index is 12.9. The highest BCUT2D eigenvalue weighted by Crippen LogP contribution is 2.38. The van der Waals surface area contributed by atoms with Gasteiger partial charge in [-0.05, 0) is 50.3 Å². The molecule has 39 heavy (non-hydrogen) atoms. The summed E-state index contributed by atoms with van der Waals surface area (Å²) in [6.07, 6.45) is 11.1. The van der Waals surface area contributed by atoms with Crippen molar-refractivity contribution in [2.24, 2.45) is 0 Å². The Balaban J connectivity index is 1.15. The van der Waals surface area contributed by atoms with Gasteiger partial charge in [0.15, 0.2) is 0 Å². The lowest BCUT2D eigenvalue weighted by Gasteiger charge is -2.34. The van der Waals surface area contributed by atoms with Crippen LogP contribution in [0.4, 0.5) is 11.6 Å². The van der Waals surface area contributed by atoms with Gasteiger partial charge in [-0.15, -0.1) is 0 Å². The maximum absolute atomic E-state index is 12.9. The van der Waals surface area contributed by atoms with E-state index in [2.05, 4.69) is 15.3 Å². The van der Waals surface area contributed by atoms with Crippen LogP contribution in [0.25, 0.3) is 16.8 Å². The minimum absolute atomic E-state index is 0.114. The maximum Gasteiger partial charge on any atom is 0.256 e. The monoisotopic (exact) mass is 523 g/mol. The summed E-state index contributed by atoms with van der Waals surface area (Å²) in [6.45, 7) is 0.671. The number of rotatable bonds is 6. The molecule has 2 amide bonds. The van der Waals surface area contributed by atoms with Crippen molar-refractivity contribution in [3.05, 3.63) is 66.4 Å². The number of fused-ring (bicyclic) bond motifs is 2. The summed E-state index contributed by atoms with van der Waals surface area (Å²) >= 11 is 0. The van der Waals surface area contributed by atoms with Gasteiger partial charge in [-0.3, -0.25) is 14.0 Å². The third-order valence-electron chi connectivity index (χ3n) is 7.91. The van der Waals surface area contributed by atoms with Crippen LogP contribution in [0.3, 0.4) is 0 Å². The van der Waals surface area contributed by atoms with Crippen LogP contribution in [-0.4, -0.2) is 54.8 Å². The summed E-state index contributed by atoms with van der Waals surface area (Å²) in [7, 11) is 0. The van der Waals surface area contributed by atoms with E-state index in [9.17, 15) is 9.59 Å². The summed E-state index contributed by atoms with van der Waals surface area (Å²) < 4.78 is 7.81. The summed E-state index contributed by atoms with van der Waals surface area (Å²) in [4.78, 5) is 41.0. The van der Waals surface area contributed by atoms with E-state index in [1.165, 1.54) is 0 Å². The molecule has 2 saturated heterocycles. The van der Waals surface area contributed by atoms with Crippen LogP contribution in [-0.2, 0) is 4.79 Å². The van der Waals surface area contributed by atoms with E-state index in [0.29, 0.717) is 47.7 Å². The molecule has 3 N–H and O–H groups in total. The summed E-state index contributed by atoms with van der Waals surface area (Å²) in [5, 5.41) is 2.85. The van der Waals surface area contributed by atoms with Gasteiger partial charge < -0.3 is 20.7 Å². The van der Waals surface area contributed by atoms with Gasteiger partial charge in [-0.1, -0.05) is 12.1 Å². The number of nitrogens with zero attached hydrogens (tertiary/aromatic N) is 5. The molecular weight excluding hydrogens is 494 g/mol. The number of nitrogens with two attached hydrogens (primary N) is 1. The number of hydrogen-bond acceptors (Lipinski definition) is 7. The zero-order valence-electron chi connectivity index (χ0n) is 21.4. The van der Waals surface area contributed by atoms with Crippen molar-refractivity contribution in [2.75, 3.05) is 17.6 Å². The lowest BCUT2D eigenvalue weighted by molar-refractivity contribution is -0.130. The zero-order chi connectivity index (χ0) is 26.5. The van der Waals surface area contributed by atoms with Crippen molar-refractivity contribution in [1.29, 1.82) is 0 Å². The van der Waals surface area contributed by atoms with E-state index in [1.807, 2.05) is 27.6 Å². The van der Waals surface area contributed by atoms with Gasteiger partial charge in [-0.2, -0.15) is 0 Å². The van der Waals surface area contributed by atoms with Gasteiger partial charge in [0.25, 0.3) is 5.91 Å². The molecule has 198 valence electrons. The fourth-order valence-corrected chi connectivity index (χ4v) is 5.75. The fourth-order valence-electron chi connectivity index (χ4n) is 5.75. The third-order valence-corrected chi connectivity index (χ3v) is 7.91. The van der Waals surface area contributed by atoms with Gasteiger partial charge in [0.2, 0.25) is 5.91 Å². The van der Waals surface area contributed by atoms with E-state index in [-0.39, 0.29) is 23.8 Å². The molecule has 1 aliphatic carbocycles. The Morgan fingerprint density at radius 2 is 1.87 bits per heavy atom. The number of aromatic nitrogens is 4. The van der Waals surface area contributed by atoms with E-state index in [1.54, 1.807) is 36.7 Å². The molecule has 3 fully saturated rings. The number of pyridine rings is 1. The van der Waals surface area contributed by atoms with Crippen LogP contribution in [0.15, 0.2) is 55.0 Å². The standard InChI is InChI=1S/C29H29N7O3/c30-27-26-25(34-28(35(26)14-13-32-27)19-5-6-20-7-10-24(37)36(20)16-19)17-1-3-18(4-2-17)29(38)33-23-15-22(11-12-31-23)39-21-8-9-21/h1-4,11-15,19-21H,5-10,16H2,(H2,30,32)(H,31,33,38). The molecule has 2 aliphatic heterocycles. The van der Waals surface area contributed by atoms with Crippen LogP contribution in [0.2, 0.25) is 0 Å². The van der Waals surface area contributed by atoms with Crippen molar-refractivity contribution in [3.8, 4) is 17.0 Å². The largest absolute Gasteiger partial charge is 0.490 e. The van der Waals surface area contributed by atoms with Crippen LogP contribution >= 0.6 is 0 Å². The highest BCUT2D eigenvalue weighted by Gasteiger charge is 2.38. The van der Waals surface area contributed by atoms with Crippen molar-refractivity contribution < 1.29 is 14.3 Å². The first kappa shape index (κ1) is 23.6. The van der Waals surface area contributed by atoms with Gasteiger partial charge >= 0.3 is 0 Å². The Morgan fingerprint density at radius 1 is 1.03 bits per heavy atom. The van der Waals surface area contributed by atoms with Gasteiger partial charge in [-0.25, -0.2) is 15.0 Å². The van der Waals surface area contributed by atoms with Gasteiger partial charge in [0.05, 0.1) is 6.10 Å². The number of carbonyl (C=O) groups excluding carboxylic acids is 2. The van der Waals surface area contributed by atoms with Crippen LogP contribution in [0, 0.1) is 0 Å². The lowest BCUT2D eigenvalue weighted by Crippen LogP contribution is -2.41. The Morgan fingerprint density at radius 3 is 2.69 bits per heavy atom. The minimum Gasteiger partial charge on any atom is -0.490 e. The van der Waals surface area contributed by atoms with Gasteiger partial charge in [0, 0.05) is 60.7 Å². The third kappa shape index (κ3) is 4.45. The molecule has 0 spiro atoms. The normalized spacial score (nSPS) is 20.7. The number of ether oxygens (including phenoxy) is 1. The summed E-state index contributed by atoms with van der Waals surface area (Å²) in [5.41, 5.74) is 9.11. The van der Waals surface area contributed by atoms with Crippen molar-refractivity contribution in [1.82, 2.24) is 24.3 Å². The van der Waals surface area contributed by atoms with Crippen LogP contribution in [0.1, 0.15) is 60.6 Å². The predicted octanol–water partition coefficient (Wildman–Crippen LogP) is 4.04. The number of hydrogen-bond donors (Lipinski definition) is 2. The molecule has 2 unspecified atom stereocenters. The van der Waals surface area contributed by atoms with E-state index in [0.717, 1.165) is 49.0 Å². The van der Waals surface area contributed by atoms with Crippen molar-refractivity contribution in [2.45, 2.75) is 56.6 Å². The topological polar surface area (TPSA) is 128 Å². The van der Waals surface area contributed by atoms with Crippen molar-refractivity contribution in [3.63, 3.8) is 0 Å². The number of amides is 2. The average Bonchev–Trinajstić information content (AvgIpc) is 3.56. The summed E-state index contributed by atoms with van der Waals surface area (Å²) in [5.74, 6) is 2.50. The molecule has 0 radical (unpaired) electrons. The first-order chi connectivity index (χ1) is 19.0. The SMILES string of the molecule is Nc1nccn2c(C3CCC4CCC(=O)N4C3)nc(-c3ccc(C(=O)Nc4cc(OC5CC5)ccn4)cc3)c12. The number of benzene rings is 1.